The minimum Gasteiger partial charge on any atom is -0.495 e. The zero-order valence-electron chi connectivity index (χ0n) is 23.0. The fourth-order valence-corrected chi connectivity index (χ4v) is 4.68. The third-order valence-electron chi connectivity index (χ3n) is 6.82. The minimum absolute atomic E-state index is 0.0475. The average molecular weight is 564 g/mol. The maximum atomic E-state index is 13.3. The van der Waals surface area contributed by atoms with Gasteiger partial charge in [0, 0.05) is 12.2 Å². The first-order valence-corrected chi connectivity index (χ1v) is 13.0. The third kappa shape index (κ3) is 7.25. The van der Waals surface area contributed by atoms with Crippen molar-refractivity contribution in [1.82, 2.24) is 4.90 Å². The van der Waals surface area contributed by atoms with Crippen molar-refractivity contribution in [3.8, 4) is 17.2 Å². The number of carboxylic acids is 1. The van der Waals surface area contributed by atoms with Crippen LogP contribution in [0.25, 0.3) is 0 Å². The van der Waals surface area contributed by atoms with Crippen LogP contribution in [0.4, 0.5) is 16.2 Å². The van der Waals surface area contributed by atoms with Crippen molar-refractivity contribution in [2.75, 3.05) is 38.0 Å². The Morgan fingerprint density at radius 2 is 1.66 bits per heavy atom. The molecule has 0 bridgehead atoms. The number of methoxy groups -OCH3 is 2. The quantitative estimate of drug-likeness (QED) is 0.290. The normalized spacial score (nSPS) is 16.1. The van der Waals surface area contributed by atoms with Gasteiger partial charge in [0.25, 0.3) is 0 Å². The van der Waals surface area contributed by atoms with Gasteiger partial charge in [-0.15, -0.1) is 0 Å². The molecule has 0 aliphatic carbocycles. The van der Waals surface area contributed by atoms with Gasteiger partial charge in [0.15, 0.2) is 11.5 Å². The van der Waals surface area contributed by atoms with E-state index in [1.54, 1.807) is 29.2 Å². The second-order valence-electron chi connectivity index (χ2n) is 9.68. The number of amides is 3. The van der Waals surface area contributed by atoms with E-state index in [0.29, 0.717) is 34.9 Å². The Morgan fingerprint density at radius 1 is 0.927 bits per heavy atom. The number of aromatic carboxylic acids is 1. The summed E-state index contributed by atoms with van der Waals surface area (Å²) >= 11 is 0. The lowest BCUT2D eigenvalue weighted by molar-refractivity contribution is -0.132. The van der Waals surface area contributed by atoms with Gasteiger partial charge in [0.2, 0.25) is 5.91 Å². The van der Waals surface area contributed by atoms with E-state index < -0.39 is 24.1 Å². The summed E-state index contributed by atoms with van der Waals surface area (Å²) in [7, 11) is 2.89. The predicted octanol–water partition coefficient (Wildman–Crippen LogP) is 3.94. The van der Waals surface area contributed by atoms with E-state index in [1.807, 2.05) is 25.1 Å². The molecule has 1 aliphatic rings. The standard InChI is InChI=1S/C30H33N3O8/c1-18-6-4-5-7-23(18)31-30(38)32-24-10-8-19(12-26(24)39-2)13-28(35)33-16-22(34)15-21(33)17-41-25-11-9-20(29(36)37)14-27(25)40-3/h4-12,14,21-22,34H,13,15-17H2,1-3H3,(H,36,37)(H2,31,32,38)/t21?,22-/m1/s1. The number of nitrogens with one attached hydrogen (secondary N) is 2. The molecule has 0 aromatic heterocycles. The minimum atomic E-state index is -1.09. The molecule has 0 spiro atoms. The van der Waals surface area contributed by atoms with Gasteiger partial charge >= 0.3 is 12.0 Å². The van der Waals surface area contributed by atoms with Crippen LogP contribution in [0, 0.1) is 6.92 Å². The molecule has 3 amide bonds. The number of aryl methyl sites for hydroxylation is 1. The van der Waals surface area contributed by atoms with E-state index in [9.17, 15) is 24.6 Å². The summed E-state index contributed by atoms with van der Waals surface area (Å²) in [5.74, 6) is -0.298. The Bertz CT molecular complexity index is 1430. The smallest absolute Gasteiger partial charge is 0.335 e. The van der Waals surface area contributed by atoms with Crippen LogP contribution in [0.5, 0.6) is 17.2 Å². The number of para-hydroxylation sites is 1. The molecule has 3 aromatic rings. The van der Waals surface area contributed by atoms with Crippen molar-refractivity contribution in [3.05, 3.63) is 77.4 Å². The molecule has 41 heavy (non-hydrogen) atoms. The second kappa shape index (κ2) is 13.1. The van der Waals surface area contributed by atoms with Crippen molar-refractivity contribution < 1.29 is 38.8 Å². The molecule has 1 heterocycles. The maximum absolute atomic E-state index is 13.3. The van der Waals surface area contributed by atoms with Crippen LogP contribution < -0.4 is 24.8 Å². The molecule has 4 N–H and O–H groups in total. The number of β-amino-alcohol motifs (C(OH)–C–C–N with tert-alkyl or cyclic N) is 1. The highest BCUT2D eigenvalue weighted by Gasteiger charge is 2.35. The largest absolute Gasteiger partial charge is 0.495 e. The molecule has 216 valence electrons. The van der Waals surface area contributed by atoms with Crippen LogP contribution in [0.2, 0.25) is 0 Å². The molecule has 11 heteroatoms. The first-order chi connectivity index (χ1) is 19.7. The number of aliphatic hydroxyl groups is 1. The summed E-state index contributed by atoms with van der Waals surface area (Å²) in [4.78, 5) is 38.6. The zero-order chi connectivity index (χ0) is 29.5. The van der Waals surface area contributed by atoms with Gasteiger partial charge < -0.3 is 40.0 Å². The number of anilines is 2. The highest BCUT2D eigenvalue weighted by Crippen LogP contribution is 2.30. The Kier molecular flexibility index (Phi) is 9.30. The number of urea groups is 1. The van der Waals surface area contributed by atoms with Crippen LogP contribution in [-0.4, -0.2) is 72.5 Å². The van der Waals surface area contributed by atoms with Crippen LogP contribution in [-0.2, 0) is 11.2 Å². The van der Waals surface area contributed by atoms with Gasteiger partial charge in [-0.05, 0) is 60.9 Å². The molecular weight excluding hydrogens is 530 g/mol. The van der Waals surface area contributed by atoms with E-state index in [1.165, 1.54) is 32.4 Å². The Balaban J connectivity index is 1.39. The molecule has 0 saturated carbocycles. The first kappa shape index (κ1) is 29.2. The number of aliphatic hydroxyl groups excluding tert-OH is 1. The molecule has 11 nitrogen and oxygen atoms in total. The SMILES string of the molecule is COc1cc(CC(=O)N2C[C@H](O)CC2COc2ccc(C(=O)O)cc2OC)ccc1NC(=O)Nc1ccccc1C. The molecule has 1 unspecified atom stereocenters. The van der Waals surface area contributed by atoms with Crippen molar-refractivity contribution in [3.63, 3.8) is 0 Å². The number of benzene rings is 3. The fraction of sp³-hybridized carbons (Fsp3) is 0.300. The summed E-state index contributed by atoms with van der Waals surface area (Å²) in [6.45, 7) is 2.15. The van der Waals surface area contributed by atoms with Crippen molar-refractivity contribution in [1.29, 1.82) is 0 Å². The van der Waals surface area contributed by atoms with Crippen LogP contribution >= 0.6 is 0 Å². The maximum Gasteiger partial charge on any atom is 0.335 e. The molecule has 3 aromatic carbocycles. The lowest BCUT2D eigenvalue weighted by Crippen LogP contribution is -2.40. The van der Waals surface area contributed by atoms with Crippen molar-refractivity contribution in [2.45, 2.75) is 31.9 Å². The van der Waals surface area contributed by atoms with E-state index in [4.69, 9.17) is 14.2 Å². The predicted molar refractivity (Wildman–Crippen MR) is 152 cm³/mol. The molecule has 0 radical (unpaired) electrons. The number of nitrogens with zero attached hydrogens (tertiary/aromatic N) is 1. The zero-order valence-corrected chi connectivity index (χ0v) is 23.0. The summed E-state index contributed by atoms with van der Waals surface area (Å²) in [5, 5.41) is 25.1. The third-order valence-corrected chi connectivity index (χ3v) is 6.82. The summed E-state index contributed by atoms with van der Waals surface area (Å²) < 4.78 is 16.6. The number of ether oxygens (including phenoxy) is 3. The summed E-state index contributed by atoms with van der Waals surface area (Å²) in [6.07, 6.45) is -0.313. The molecule has 1 aliphatic heterocycles. The van der Waals surface area contributed by atoms with E-state index in [-0.39, 0.29) is 36.8 Å². The molecule has 2 atom stereocenters. The van der Waals surface area contributed by atoms with Gasteiger partial charge in [-0.3, -0.25) is 4.79 Å². The van der Waals surface area contributed by atoms with E-state index in [2.05, 4.69) is 10.6 Å². The number of hydrogen-bond donors (Lipinski definition) is 4. The van der Waals surface area contributed by atoms with E-state index in [0.717, 1.165) is 5.56 Å². The molecule has 4 rings (SSSR count). The average Bonchev–Trinajstić information content (AvgIpc) is 3.34. The lowest BCUT2D eigenvalue weighted by atomic mass is 10.1. The Hall–Kier alpha value is -4.77. The Labute approximate surface area is 237 Å². The number of carbonyl (C=O) groups excluding carboxylic acids is 2. The number of hydrogen-bond acceptors (Lipinski definition) is 7. The molecule has 1 fully saturated rings. The topological polar surface area (TPSA) is 147 Å². The number of carbonyl (C=O) groups is 3. The van der Waals surface area contributed by atoms with Gasteiger partial charge in [-0.2, -0.15) is 0 Å². The van der Waals surface area contributed by atoms with Crippen molar-refractivity contribution in [2.24, 2.45) is 0 Å². The van der Waals surface area contributed by atoms with Gasteiger partial charge in [0.05, 0.1) is 44.0 Å². The van der Waals surface area contributed by atoms with Gasteiger partial charge in [0.1, 0.15) is 12.4 Å². The molecular formula is C30H33N3O8. The lowest BCUT2D eigenvalue weighted by Gasteiger charge is -2.25. The van der Waals surface area contributed by atoms with Gasteiger partial charge in [-0.1, -0.05) is 24.3 Å². The monoisotopic (exact) mass is 563 g/mol. The highest BCUT2D eigenvalue weighted by atomic mass is 16.5. The number of rotatable bonds is 10. The first-order valence-electron chi connectivity index (χ1n) is 13.0. The summed E-state index contributed by atoms with van der Waals surface area (Å²) in [6, 6.07) is 16.0. The van der Waals surface area contributed by atoms with Crippen LogP contribution in [0.15, 0.2) is 60.7 Å². The summed E-state index contributed by atoms with van der Waals surface area (Å²) in [5.41, 5.74) is 2.79. The highest BCUT2D eigenvalue weighted by molar-refractivity contribution is 6.01. The van der Waals surface area contributed by atoms with Crippen molar-refractivity contribution >= 4 is 29.3 Å². The fourth-order valence-electron chi connectivity index (χ4n) is 4.68. The Morgan fingerprint density at radius 3 is 2.37 bits per heavy atom. The van der Waals surface area contributed by atoms with E-state index >= 15 is 0 Å². The number of carboxylic acid groups (broad SMARTS) is 1. The molecule has 1 saturated heterocycles. The second-order valence-corrected chi connectivity index (χ2v) is 9.68. The van der Waals surface area contributed by atoms with Gasteiger partial charge in [-0.25, -0.2) is 9.59 Å². The number of likely N-dealkylation sites (tertiary alicyclic amines) is 1. The van der Waals surface area contributed by atoms with Crippen LogP contribution in [0.3, 0.4) is 0 Å². The van der Waals surface area contributed by atoms with Crippen LogP contribution in [0.1, 0.15) is 27.9 Å².